The second kappa shape index (κ2) is 7.25. The maximum atomic E-state index is 12.6. The van der Waals surface area contributed by atoms with Crippen molar-refractivity contribution in [2.24, 2.45) is 0 Å². The van der Waals surface area contributed by atoms with Crippen LogP contribution in [0.2, 0.25) is 0 Å². The molecule has 1 amide bonds. The van der Waals surface area contributed by atoms with Gasteiger partial charge in [-0.05, 0) is 18.1 Å². The van der Waals surface area contributed by atoms with Crippen molar-refractivity contribution in [1.29, 1.82) is 0 Å². The van der Waals surface area contributed by atoms with Crippen LogP contribution < -0.4 is 0 Å². The molecule has 1 saturated heterocycles. The predicted octanol–water partition coefficient (Wildman–Crippen LogP) is 1.92. The van der Waals surface area contributed by atoms with Crippen molar-refractivity contribution in [3.8, 4) is 0 Å². The summed E-state index contributed by atoms with van der Waals surface area (Å²) in [5, 5.41) is 4.24. The first-order chi connectivity index (χ1) is 12.7. The van der Waals surface area contributed by atoms with Crippen molar-refractivity contribution >= 4 is 11.6 Å². The second-order valence-corrected chi connectivity index (χ2v) is 6.86. The number of carbonyl (C=O) groups is 1. The van der Waals surface area contributed by atoms with Crippen LogP contribution in [0.4, 0.5) is 0 Å². The first-order valence-corrected chi connectivity index (χ1v) is 9.02. The number of piperazine rings is 1. The van der Waals surface area contributed by atoms with Crippen LogP contribution in [0.1, 0.15) is 16.7 Å². The summed E-state index contributed by atoms with van der Waals surface area (Å²) in [7, 11) is 0. The van der Waals surface area contributed by atoms with Gasteiger partial charge in [-0.15, -0.1) is 0 Å². The van der Waals surface area contributed by atoms with Gasteiger partial charge in [-0.2, -0.15) is 5.10 Å². The molecule has 0 saturated carbocycles. The molecule has 0 bridgehead atoms. The van der Waals surface area contributed by atoms with E-state index in [1.165, 1.54) is 5.56 Å². The van der Waals surface area contributed by atoms with Gasteiger partial charge in [-0.3, -0.25) is 9.69 Å². The van der Waals surface area contributed by atoms with Crippen LogP contribution >= 0.6 is 0 Å². The Labute approximate surface area is 153 Å². The molecule has 26 heavy (non-hydrogen) atoms. The van der Waals surface area contributed by atoms with E-state index in [1.54, 1.807) is 10.7 Å². The third-order valence-electron chi connectivity index (χ3n) is 5.03. The molecule has 0 atom stereocenters. The van der Waals surface area contributed by atoms with Gasteiger partial charge in [0.2, 0.25) is 5.91 Å². The Hall–Kier alpha value is -2.73. The Morgan fingerprint density at radius 2 is 1.92 bits per heavy atom. The van der Waals surface area contributed by atoms with Gasteiger partial charge in [-0.1, -0.05) is 24.3 Å². The summed E-state index contributed by atoms with van der Waals surface area (Å²) in [5.41, 5.74) is 4.31. The maximum absolute atomic E-state index is 12.6. The molecule has 6 heteroatoms. The Balaban J connectivity index is 1.32. The summed E-state index contributed by atoms with van der Waals surface area (Å²) in [5.74, 6) is 0.221. The zero-order valence-electron chi connectivity index (χ0n) is 15.0. The predicted molar refractivity (Wildman–Crippen MR) is 99.7 cm³/mol. The molecular formula is C20H23N5O. The van der Waals surface area contributed by atoms with Crippen molar-refractivity contribution in [1.82, 2.24) is 24.4 Å². The molecule has 0 N–H and O–H groups in total. The fourth-order valence-electron chi connectivity index (χ4n) is 3.43. The van der Waals surface area contributed by atoms with E-state index in [9.17, 15) is 4.79 Å². The highest BCUT2D eigenvalue weighted by atomic mass is 16.2. The van der Waals surface area contributed by atoms with Gasteiger partial charge >= 0.3 is 0 Å². The Morgan fingerprint density at radius 1 is 1.12 bits per heavy atom. The van der Waals surface area contributed by atoms with Crippen molar-refractivity contribution in [3.63, 3.8) is 0 Å². The second-order valence-electron chi connectivity index (χ2n) is 6.86. The van der Waals surface area contributed by atoms with Crippen molar-refractivity contribution in [2.75, 3.05) is 26.2 Å². The lowest BCUT2D eigenvalue weighted by molar-refractivity contribution is -0.132. The van der Waals surface area contributed by atoms with Crippen LogP contribution in [0.5, 0.6) is 0 Å². The van der Waals surface area contributed by atoms with E-state index in [-0.39, 0.29) is 5.91 Å². The van der Waals surface area contributed by atoms with Crippen LogP contribution in [0.3, 0.4) is 0 Å². The van der Waals surface area contributed by atoms with Gasteiger partial charge in [0.1, 0.15) is 0 Å². The fraction of sp³-hybridized carbons (Fsp3) is 0.350. The van der Waals surface area contributed by atoms with Crippen molar-refractivity contribution in [3.05, 3.63) is 65.6 Å². The molecule has 4 rings (SSSR count). The molecule has 1 aliphatic heterocycles. The number of nitrogens with zero attached hydrogens (tertiary/aromatic N) is 5. The minimum atomic E-state index is 0.221. The number of fused-ring (bicyclic) bond motifs is 1. The lowest BCUT2D eigenvalue weighted by atomic mass is 10.1. The number of carbonyl (C=O) groups excluding carboxylic acids is 1. The largest absolute Gasteiger partial charge is 0.340 e. The third kappa shape index (κ3) is 3.60. The van der Waals surface area contributed by atoms with E-state index in [4.69, 9.17) is 0 Å². The van der Waals surface area contributed by atoms with E-state index >= 15 is 0 Å². The maximum Gasteiger partial charge on any atom is 0.227 e. The molecular weight excluding hydrogens is 326 g/mol. The molecule has 3 aromatic rings. The molecule has 6 nitrogen and oxygen atoms in total. The highest BCUT2D eigenvalue weighted by Crippen LogP contribution is 2.12. The molecule has 2 aromatic heterocycles. The zero-order chi connectivity index (χ0) is 17.9. The number of benzene rings is 1. The van der Waals surface area contributed by atoms with Gasteiger partial charge in [0.25, 0.3) is 0 Å². The number of hydrogen-bond acceptors (Lipinski definition) is 4. The normalized spacial score (nSPS) is 15.5. The fourth-order valence-corrected chi connectivity index (χ4v) is 3.43. The number of aromatic nitrogens is 3. The number of amides is 1. The summed E-state index contributed by atoms with van der Waals surface area (Å²) in [6.07, 6.45) is 6.18. The van der Waals surface area contributed by atoms with E-state index in [0.29, 0.717) is 6.42 Å². The van der Waals surface area contributed by atoms with Gasteiger partial charge in [-0.25, -0.2) is 9.50 Å². The van der Waals surface area contributed by atoms with E-state index in [1.807, 2.05) is 41.6 Å². The van der Waals surface area contributed by atoms with Gasteiger partial charge in [0.05, 0.1) is 12.6 Å². The molecule has 3 heterocycles. The van der Waals surface area contributed by atoms with Crippen LogP contribution in [0.15, 0.2) is 48.9 Å². The topological polar surface area (TPSA) is 53.7 Å². The average Bonchev–Trinajstić information content (AvgIpc) is 3.12. The van der Waals surface area contributed by atoms with E-state index in [0.717, 1.165) is 49.5 Å². The molecule has 0 unspecified atom stereocenters. The SMILES string of the molecule is Cc1ccccc1CC(=O)N1CCN(Cc2cnc3ccnn3c2)CC1. The summed E-state index contributed by atoms with van der Waals surface area (Å²) in [4.78, 5) is 21.4. The summed E-state index contributed by atoms with van der Waals surface area (Å²) >= 11 is 0. The molecule has 0 aliphatic carbocycles. The van der Waals surface area contributed by atoms with Crippen LogP contribution in [0, 0.1) is 6.92 Å². The monoisotopic (exact) mass is 349 g/mol. The minimum Gasteiger partial charge on any atom is -0.340 e. The molecule has 1 aliphatic rings. The standard InChI is InChI=1S/C20H23N5O/c1-16-4-2-3-5-18(16)12-20(26)24-10-8-23(9-11-24)14-17-13-21-19-6-7-22-25(19)15-17/h2-7,13,15H,8-12,14H2,1H3. The highest BCUT2D eigenvalue weighted by molar-refractivity contribution is 5.79. The van der Waals surface area contributed by atoms with E-state index in [2.05, 4.69) is 28.0 Å². The molecule has 1 fully saturated rings. The van der Waals surface area contributed by atoms with Crippen LogP contribution in [-0.4, -0.2) is 56.5 Å². The number of rotatable bonds is 4. The number of hydrogen-bond donors (Lipinski definition) is 0. The number of aryl methyl sites for hydroxylation is 1. The van der Waals surface area contributed by atoms with Gasteiger partial charge in [0.15, 0.2) is 5.65 Å². The summed E-state index contributed by atoms with van der Waals surface area (Å²) < 4.78 is 1.80. The molecule has 134 valence electrons. The average molecular weight is 349 g/mol. The lowest BCUT2D eigenvalue weighted by Gasteiger charge is -2.34. The quantitative estimate of drug-likeness (QED) is 0.722. The third-order valence-corrected chi connectivity index (χ3v) is 5.03. The Bertz CT molecular complexity index is 911. The minimum absolute atomic E-state index is 0.221. The summed E-state index contributed by atoms with van der Waals surface area (Å²) in [6.45, 7) is 6.23. The highest BCUT2D eigenvalue weighted by Gasteiger charge is 2.21. The summed E-state index contributed by atoms with van der Waals surface area (Å²) in [6, 6.07) is 10.0. The van der Waals surface area contributed by atoms with Crippen LogP contribution in [-0.2, 0) is 17.8 Å². The molecule has 0 spiro atoms. The Kier molecular flexibility index (Phi) is 4.67. The first-order valence-electron chi connectivity index (χ1n) is 9.02. The van der Waals surface area contributed by atoms with Gasteiger partial charge in [0, 0.05) is 56.7 Å². The zero-order valence-corrected chi connectivity index (χ0v) is 15.0. The van der Waals surface area contributed by atoms with Crippen molar-refractivity contribution in [2.45, 2.75) is 19.9 Å². The smallest absolute Gasteiger partial charge is 0.227 e. The molecule has 0 radical (unpaired) electrons. The van der Waals surface area contributed by atoms with Gasteiger partial charge < -0.3 is 4.90 Å². The first kappa shape index (κ1) is 16.7. The van der Waals surface area contributed by atoms with Crippen molar-refractivity contribution < 1.29 is 4.79 Å². The molecule has 1 aromatic carbocycles. The van der Waals surface area contributed by atoms with Crippen LogP contribution in [0.25, 0.3) is 5.65 Å². The Morgan fingerprint density at radius 3 is 2.73 bits per heavy atom. The van der Waals surface area contributed by atoms with E-state index < -0.39 is 0 Å². The lowest BCUT2D eigenvalue weighted by Crippen LogP contribution is -2.48.